The Morgan fingerprint density at radius 2 is 1.94 bits per heavy atom. The van der Waals surface area contributed by atoms with E-state index >= 15 is 0 Å². The molecule has 5 heteroatoms. The largest absolute Gasteiger partial charge is 0.502 e. The fourth-order valence-electron chi connectivity index (χ4n) is 2.06. The average Bonchev–Trinajstić information content (AvgIpc) is 2.37. The van der Waals surface area contributed by atoms with Gasteiger partial charge in [-0.2, -0.15) is 0 Å². The van der Waals surface area contributed by atoms with Gasteiger partial charge >= 0.3 is 8.80 Å². The summed E-state index contributed by atoms with van der Waals surface area (Å²) in [6, 6.07) is 0.849. The lowest BCUT2D eigenvalue weighted by Gasteiger charge is -2.44. The number of hydrogen-bond donors (Lipinski definition) is 0. The Labute approximate surface area is 98.9 Å². The standard InChI is InChI=1S/C11H22O4Si/c1-6-10(2)11(12-3)8-7-9-16(13-4,14-5)15-11/h6H,7-9H2,1-5H3. The summed E-state index contributed by atoms with van der Waals surface area (Å²) in [6.45, 7) is 4.00. The Morgan fingerprint density at radius 1 is 1.31 bits per heavy atom. The molecule has 1 atom stereocenters. The van der Waals surface area contributed by atoms with Gasteiger partial charge in [-0.3, -0.25) is 0 Å². The zero-order valence-electron chi connectivity index (χ0n) is 10.8. The van der Waals surface area contributed by atoms with Crippen molar-refractivity contribution in [1.29, 1.82) is 0 Å². The van der Waals surface area contributed by atoms with Crippen LogP contribution in [0.1, 0.15) is 26.7 Å². The Morgan fingerprint density at radius 3 is 2.38 bits per heavy atom. The summed E-state index contributed by atoms with van der Waals surface area (Å²) in [4.78, 5) is 0. The van der Waals surface area contributed by atoms with Crippen LogP contribution in [0.25, 0.3) is 0 Å². The molecule has 0 aliphatic carbocycles. The Hall–Kier alpha value is -0.203. The number of rotatable bonds is 4. The van der Waals surface area contributed by atoms with Crippen LogP contribution in [0.15, 0.2) is 11.6 Å². The van der Waals surface area contributed by atoms with Gasteiger partial charge in [0.1, 0.15) is 0 Å². The molecule has 0 bridgehead atoms. The summed E-state index contributed by atoms with van der Waals surface area (Å²) in [5.41, 5.74) is 1.07. The van der Waals surface area contributed by atoms with Crippen LogP contribution in [0.2, 0.25) is 6.04 Å². The predicted octanol–water partition coefficient (Wildman–Crippen LogP) is 2.34. The smallest absolute Gasteiger partial charge is 0.377 e. The van der Waals surface area contributed by atoms with E-state index in [1.165, 1.54) is 0 Å². The van der Waals surface area contributed by atoms with Gasteiger partial charge in [-0.25, -0.2) is 0 Å². The van der Waals surface area contributed by atoms with Gasteiger partial charge in [0.25, 0.3) is 0 Å². The molecule has 16 heavy (non-hydrogen) atoms. The molecule has 1 aliphatic heterocycles. The summed E-state index contributed by atoms with van der Waals surface area (Å²) >= 11 is 0. The fraction of sp³-hybridized carbons (Fsp3) is 0.818. The minimum absolute atomic E-state index is 0.661. The molecule has 0 aromatic carbocycles. The van der Waals surface area contributed by atoms with Crippen molar-refractivity contribution in [3.8, 4) is 0 Å². The summed E-state index contributed by atoms with van der Waals surface area (Å²) in [6.07, 6.45) is 3.85. The monoisotopic (exact) mass is 246 g/mol. The van der Waals surface area contributed by atoms with Crippen molar-refractivity contribution < 1.29 is 18.0 Å². The van der Waals surface area contributed by atoms with Gasteiger partial charge in [-0.15, -0.1) is 0 Å². The highest BCUT2D eigenvalue weighted by Crippen LogP contribution is 2.39. The van der Waals surface area contributed by atoms with Crippen LogP contribution in [0.4, 0.5) is 0 Å². The molecule has 0 aromatic rings. The maximum atomic E-state index is 6.07. The minimum atomic E-state index is -2.53. The molecule has 0 amide bonds. The van der Waals surface area contributed by atoms with Gasteiger partial charge in [0, 0.05) is 33.8 Å². The first-order valence-electron chi connectivity index (χ1n) is 5.57. The number of allylic oxidation sites excluding steroid dienone is 1. The first-order chi connectivity index (χ1) is 7.58. The normalized spacial score (nSPS) is 30.4. The molecule has 94 valence electrons. The average molecular weight is 246 g/mol. The molecule has 0 spiro atoms. The van der Waals surface area contributed by atoms with Gasteiger partial charge < -0.3 is 18.0 Å². The SMILES string of the molecule is CC=C(C)C1(OC)CCC[Si](OC)(OC)O1. The quantitative estimate of drug-likeness (QED) is 0.563. The van der Waals surface area contributed by atoms with Crippen LogP contribution in [-0.4, -0.2) is 35.9 Å². The van der Waals surface area contributed by atoms with Gasteiger partial charge in [0.05, 0.1) is 0 Å². The van der Waals surface area contributed by atoms with Gasteiger partial charge in [0.15, 0.2) is 5.79 Å². The van der Waals surface area contributed by atoms with Crippen molar-refractivity contribution in [3.05, 3.63) is 11.6 Å². The molecule has 0 aromatic heterocycles. The lowest BCUT2D eigenvalue weighted by atomic mass is 10.0. The van der Waals surface area contributed by atoms with Crippen LogP contribution in [0.5, 0.6) is 0 Å². The minimum Gasteiger partial charge on any atom is -0.377 e. The highest BCUT2D eigenvalue weighted by Gasteiger charge is 2.52. The third kappa shape index (κ3) is 2.38. The van der Waals surface area contributed by atoms with E-state index in [1.807, 2.05) is 19.9 Å². The summed E-state index contributed by atoms with van der Waals surface area (Å²) < 4.78 is 22.6. The van der Waals surface area contributed by atoms with Gasteiger partial charge in [-0.05, 0) is 25.8 Å². The highest BCUT2D eigenvalue weighted by atomic mass is 28.4. The molecule has 1 fully saturated rings. The molecule has 1 rings (SSSR count). The van der Waals surface area contributed by atoms with Crippen LogP contribution < -0.4 is 0 Å². The van der Waals surface area contributed by atoms with Gasteiger partial charge in [0.2, 0.25) is 0 Å². The summed E-state index contributed by atoms with van der Waals surface area (Å²) in [7, 11) is 2.43. The second-order valence-electron chi connectivity index (χ2n) is 3.98. The van der Waals surface area contributed by atoms with Crippen LogP contribution in [-0.2, 0) is 18.0 Å². The van der Waals surface area contributed by atoms with E-state index in [9.17, 15) is 0 Å². The number of ether oxygens (including phenoxy) is 1. The molecule has 0 saturated carbocycles. The Bertz CT molecular complexity index is 263. The van der Waals surface area contributed by atoms with Crippen molar-refractivity contribution in [2.24, 2.45) is 0 Å². The summed E-state index contributed by atoms with van der Waals surface area (Å²) in [5.74, 6) is -0.661. The third-order valence-electron chi connectivity index (χ3n) is 3.29. The molecule has 0 N–H and O–H groups in total. The van der Waals surface area contributed by atoms with Crippen molar-refractivity contribution >= 4 is 8.80 Å². The molecule has 1 saturated heterocycles. The maximum absolute atomic E-state index is 6.07. The van der Waals surface area contributed by atoms with E-state index in [4.69, 9.17) is 18.0 Å². The first-order valence-corrected chi connectivity index (χ1v) is 7.50. The van der Waals surface area contributed by atoms with E-state index in [1.54, 1.807) is 21.3 Å². The van der Waals surface area contributed by atoms with Crippen molar-refractivity contribution in [1.82, 2.24) is 0 Å². The molecule has 1 aliphatic rings. The molecular formula is C11H22O4Si. The van der Waals surface area contributed by atoms with Crippen LogP contribution >= 0.6 is 0 Å². The molecule has 0 radical (unpaired) electrons. The van der Waals surface area contributed by atoms with Crippen molar-refractivity contribution in [2.45, 2.75) is 38.5 Å². The van der Waals surface area contributed by atoms with E-state index in [-0.39, 0.29) is 0 Å². The lowest BCUT2D eigenvalue weighted by Crippen LogP contribution is -2.56. The zero-order valence-corrected chi connectivity index (χ0v) is 11.8. The van der Waals surface area contributed by atoms with Crippen LogP contribution in [0.3, 0.4) is 0 Å². The molecular weight excluding hydrogens is 224 g/mol. The van der Waals surface area contributed by atoms with Crippen molar-refractivity contribution in [3.63, 3.8) is 0 Å². The predicted molar refractivity (Wildman–Crippen MR) is 64.1 cm³/mol. The fourth-order valence-corrected chi connectivity index (χ4v) is 4.37. The molecule has 1 heterocycles. The first kappa shape index (κ1) is 13.9. The third-order valence-corrected chi connectivity index (χ3v) is 6.15. The topological polar surface area (TPSA) is 36.9 Å². The second kappa shape index (κ2) is 5.42. The highest BCUT2D eigenvalue weighted by molar-refractivity contribution is 6.60. The molecule has 1 unspecified atom stereocenters. The van der Waals surface area contributed by atoms with E-state index in [0.29, 0.717) is 0 Å². The summed E-state index contributed by atoms with van der Waals surface area (Å²) in [5, 5.41) is 0. The second-order valence-corrected chi connectivity index (χ2v) is 6.86. The lowest BCUT2D eigenvalue weighted by molar-refractivity contribution is -0.180. The maximum Gasteiger partial charge on any atom is 0.502 e. The van der Waals surface area contributed by atoms with Crippen molar-refractivity contribution in [2.75, 3.05) is 21.3 Å². The molecule has 4 nitrogen and oxygen atoms in total. The van der Waals surface area contributed by atoms with E-state index < -0.39 is 14.6 Å². The number of hydrogen-bond acceptors (Lipinski definition) is 4. The zero-order chi connectivity index (χ0) is 12.2. The van der Waals surface area contributed by atoms with Gasteiger partial charge in [-0.1, -0.05) is 6.08 Å². The van der Waals surface area contributed by atoms with Crippen LogP contribution in [0, 0.1) is 0 Å². The Balaban J connectivity index is 2.96. The number of methoxy groups -OCH3 is 1. The Kier molecular flexibility index (Phi) is 4.69. The van der Waals surface area contributed by atoms with E-state index in [0.717, 1.165) is 24.5 Å². The van der Waals surface area contributed by atoms with E-state index in [2.05, 4.69) is 0 Å².